The molecule has 4 nitrogen and oxygen atoms in total. The van der Waals surface area contributed by atoms with Gasteiger partial charge in [-0.3, -0.25) is 0 Å². The maximum Gasteiger partial charge on any atom is 0.321 e. The summed E-state index contributed by atoms with van der Waals surface area (Å²) in [6.07, 6.45) is 1.82. The van der Waals surface area contributed by atoms with Gasteiger partial charge in [0.25, 0.3) is 0 Å². The Morgan fingerprint density at radius 3 is 2.78 bits per heavy atom. The van der Waals surface area contributed by atoms with E-state index in [0.717, 1.165) is 26.0 Å². The third-order valence-corrected chi connectivity index (χ3v) is 5.16. The highest BCUT2D eigenvalue weighted by molar-refractivity contribution is 7.13. The quantitative estimate of drug-likeness (QED) is 0.736. The van der Waals surface area contributed by atoms with Crippen LogP contribution in [0.2, 0.25) is 0 Å². The van der Waals surface area contributed by atoms with Gasteiger partial charge in [0.1, 0.15) is 0 Å². The number of hydrogen-bond acceptors (Lipinski definition) is 4. The zero-order valence-corrected chi connectivity index (χ0v) is 14.6. The number of nitrogens with zero attached hydrogens (tertiary/aromatic N) is 2. The fourth-order valence-corrected chi connectivity index (χ4v) is 3.85. The maximum atomic E-state index is 12.4. The predicted molar refractivity (Wildman–Crippen MR) is 97.1 cm³/mol. The zero-order valence-electron chi connectivity index (χ0n) is 12.9. The summed E-state index contributed by atoms with van der Waals surface area (Å²) >= 11 is 3.27. The molecule has 1 aromatic carbocycles. The Hall–Kier alpha value is -2.18. The number of thiophene rings is 1. The van der Waals surface area contributed by atoms with Gasteiger partial charge in [-0.05, 0) is 24.4 Å². The number of thiazole rings is 1. The number of benzene rings is 1. The molecule has 0 bridgehead atoms. The lowest BCUT2D eigenvalue weighted by molar-refractivity contribution is 0.221. The summed E-state index contributed by atoms with van der Waals surface area (Å²) in [5.74, 6) is 0. The second kappa shape index (κ2) is 6.93. The number of aromatic nitrogens is 1. The fraction of sp³-hybridized carbons (Fsp3) is 0.176. The van der Waals surface area contributed by atoms with Crippen molar-refractivity contribution in [3.05, 3.63) is 57.9 Å². The molecule has 0 atom stereocenters. The average molecular weight is 343 g/mol. The number of anilines is 1. The average Bonchev–Trinajstić information content (AvgIpc) is 3.19. The minimum absolute atomic E-state index is 0.125. The molecule has 23 heavy (non-hydrogen) atoms. The van der Waals surface area contributed by atoms with Crippen molar-refractivity contribution < 1.29 is 4.79 Å². The van der Waals surface area contributed by atoms with Crippen LogP contribution in [0.1, 0.15) is 9.88 Å². The van der Waals surface area contributed by atoms with E-state index in [0.29, 0.717) is 6.54 Å². The minimum Gasteiger partial charge on any atom is -0.322 e. The van der Waals surface area contributed by atoms with E-state index < -0.39 is 0 Å². The Labute approximate surface area is 143 Å². The van der Waals surface area contributed by atoms with Gasteiger partial charge in [0.2, 0.25) is 0 Å². The van der Waals surface area contributed by atoms with Crippen LogP contribution in [0.15, 0.2) is 48.0 Å². The number of aryl methyl sites for hydroxylation is 1. The second-order valence-corrected chi connectivity index (χ2v) is 7.42. The van der Waals surface area contributed by atoms with Crippen LogP contribution in [0.3, 0.4) is 0 Å². The van der Waals surface area contributed by atoms with Crippen LogP contribution in [0.4, 0.5) is 10.5 Å². The highest BCUT2D eigenvalue weighted by Gasteiger charge is 2.13. The van der Waals surface area contributed by atoms with Gasteiger partial charge in [-0.25, -0.2) is 9.78 Å². The predicted octanol–water partition coefficient (Wildman–Crippen LogP) is 4.84. The first-order valence-electron chi connectivity index (χ1n) is 7.20. The van der Waals surface area contributed by atoms with E-state index in [1.807, 2.05) is 48.8 Å². The molecule has 0 spiro atoms. The summed E-state index contributed by atoms with van der Waals surface area (Å²) in [6.45, 7) is 2.52. The van der Waals surface area contributed by atoms with Crippen molar-refractivity contribution in [1.29, 1.82) is 0 Å². The lowest BCUT2D eigenvalue weighted by atomic mass is 10.1. The molecule has 1 N–H and O–H groups in total. The van der Waals surface area contributed by atoms with Gasteiger partial charge in [0, 0.05) is 28.6 Å². The Balaban J connectivity index is 1.73. The number of carbonyl (C=O) groups is 1. The van der Waals surface area contributed by atoms with Gasteiger partial charge in [0.15, 0.2) is 0 Å². The molecule has 118 valence electrons. The Kier molecular flexibility index (Phi) is 4.73. The van der Waals surface area contributed by atoms with Crippen LogP contribution in [0.5, 0.6) is 0 Å². The van der Waals surface area contributed by atoms with E-state index >= 15 is 0 Å². The molecule has 0 aliphatic rings. The highest BCUT2D eigenvalue weighted by Crippen LogP contribution is 2.31. The molecular formula is C17H17N3OS2. The fourth-order valence-electron chi connectivity index (χ4n) is 2.23. The lowest BCUT2D eigenvalue weighted by Crippen LogP contribution is -2.30. The number of amides is 2. The van der Waals surface area contributed by atoms with Gasteiger partial charge < -0.3 is 10.2 Å². The first-order chi connectivity index (χ1) is 11.1. The van der Waals surface area contributed by atoms with Crippen molar-refractivity contribution in [2.45, 2.75) is 13.5 Å². The zero-order chi connectivity index (χ0) is 16.2. The third kappa shape index (κ3) is 3.78. The number of hydrogen-bond donors (Lipinski definition) is 1. The molecule has 0 saturated heterocycles. The van der Waals surface area contributed by atoms with Crippen molar-refractivity contribution >= 4 is 34.4 Å². The second-order valence-electron chi connectivity index (χ2n) is 5.15. The van der Waals surface area contributed by atoms with Crippen molar-refractivity contribution in [2.75, 3.05) is 12.4 Å². The molecule has 3 rings (SSSR count). The molecule has 0 saturated carbocycles. The molecule has 2 heterocycles. The molecule has 6 heteroatoms. The van der Waals surface area contributed by atoms with Crippen molar-refractivity contribution in [3.8, 4) is 10.4 Å². The number of urea groups is 1. The summed E-state index contributed by atoms with van der Waals surface area (Å²) in [5, 5.41) is 6.05. The van der Waals surface area contributed by atoms with Crippen LogP contribution in [-0.4, -0.2) is 23.0 Å². The van der Waals surface area contributed by atoms with Crippen LogP contribution in [0.25, 0.3) is 10.4 Å². The van der Waals surface area contributed by atoms with Gasteiger partial charge >= 0.3 is 6.03 Å². The van der Waals surface area contributed by atoms with Gasteiger partial charge in [-0.1, -0.05) is 24.3 Å². The van der Waals surface area contributed by atoms with Crippen molar-refractivity contribution in [2.24, 2.45) is 0 Å². The maximum absolute atomic E-state index is 12.4. The third-order valence-electron chi connectivity index (χ3n) is 3.36. The Bertz CT molecular complexity index is 796. The summed E-state index contributed by atoms with van der Waals surface area (Å²) in [5.41, 5.74) is 1.87. The number of nitrogens with one attached hydrogen (secondary N) is 1. The molecule has 0 fully saturated rings. The first-order valence-corrected chi connectivity index (χ1v) is 8.89. The Morgan fingerprint density at radius 2 is 2.09 bits per heavy atom. The van der Waals surface area contributed by atoms with E-state index in [-0.39, 0.29) is 6.03 Å². The van der Waals surface area contributed by atoms with Crippen LogP contribution in [0, 0.1) is 6.92 Å². The molecule has 0 aliphatic heterocycles. The summed E-state index contributed by atoms with van der Waals surface area (Å²) in [6, 6.07) is 11.8. The largest absolute Gasteiger partial charge is 0.322 e. The highest BCUT2D eigenvalue weighted by atomic mass is 32.1. The van der Waals surface area contributed by atoms with Gasteiger partial charge in [0.05, 0.1) is 17.2 Å². The lowest BCUT2D eigenvalue weighted by Gasteiger charge is -2.18. The van der Waals surface area contributed by atoms with Crippen molar-refractivity contribution in [3.63, 3.8) is 0 Å². The van der Waals surface area contributed by atoms with Crippen LogP contribution in [-0.2, 0) is 6.54 Å². The first kappa shape index (κ1) is 15.7. The summed E-state index contributed by atoms with van der Waals surface area (Å²) in [7, 11) is 1.79. The van der Waals surface area contributed by atoms with E-state index in [2.05, 4.69) is 16.4 Å². The SMILES string of the molecule is Cc1ncc(CN(C)C(=O)Nc2ccccc2-c2cccs2)s1. The topological polar surface area (TPSA) is 45.2 Å². The molecule has 3 aromatic rings. The van der Waals surface area contributed by atoms with E-state index in [9.17, 15) is 4.79 Å². The smallest absolute Gasteiger partial charge is 0.321 e. The number of para-hydroxylation sites is 1. The van der Waals surface area contributed by atoms with E-state index in [1.54, 1.807) is 34.6 Å². The Morgan fingerprint density at radius 1 is 1.26 bits per heavy atom. The molecule has 0 unspecified atom stereocenters. The van der Waals surface area contributed by atoms with Gasteiger partial charge in [-0.15, -0.1) is 22.7 Å². The summed E-state index contributed by atoms with van der Waals surface area (Å²) in [4.78, 5) is 20.6. The normalized spacial score (nSPS) is 10.5. The van der Waals surface area contributed by atoms with Crippen molar-refractivity contribution in [1.82, 2.24) is 9.88 Å². The monoisotopic (exact) mass is 343 g/mol. The van der Waals surface area contributed by atoms with E-state index in [4.69, 9.17) is 0 Å². The number of rotatable bonds is 4. The molecule has 0 radical (unpaired) electrons. The van der Waals surface area contributed by atoms with Gasteiger partial charge in [-0.2, -0.15) is 0 Å². The summed E-state index contributed by atoms with van der Waals surface area (Å²) < 4.78 is 0. The molecule has 2 amide bonds. The molecule has 2 aromatic heterocycles. The molecular weight excluding hydrogens is 326 g/mol. The standard InChI is InChI=1S/C17H17N3OS2/c1-12-18-10-13(23-12)11-20(2)17(21)19-15-7-4-3-6-14(15)16-8-5-9-22-16/h3-10H,11H2,1-2H3,(H,19,21). The number of carbonyl (C=O) groups excluding carboxylic acids is 1. The molecule has 0 aliphatic carbocycles. The van der Waals surface area contributed by atoms with Crippen LogP contribution < -0.4 is 5.32 Å². The van der Waals surface area contributed by atoms with E-state index in [1.165, 1.54) is 0 Å². The minimum atomic E-state index is -0.125. The van der Waals surface area contributed by atoms with Crippen LogP contribution >= 0.6 is 22.7 Å².